The number of hydrogen-bond donors (Lipinski definition) is 1. The maximum absolute atomic E-state index is 12.7. The van der Waals surface area contributed by atoms with Gasteiger partial charge in [0.05, 0.1) is 10.6 Å². The van der Waals surface area contributed by atoms with Crippen molar-refractivity contribution in [2.75, 3.05) is 18.4 Å². The van der Waals surface area contributed by atoms with E-state index in [1.54, 1.807) is 12.1 Å². The number of amides is 1. The Labute approximate surface area is 167 Å². The molecule has 1 heterocycles. The molecule has 0 bridgehead atoms. The van der Waals surface area contributed by atoms with Crippen molar-refractivity contribution in [1.29, 1.82) is 0 Å². The van der Waals surface area contributed by atoms with Gasteiger partial charge in [0.15, 0.2) is 0 Å². The standard InChI is InChI=1S/C19H20F2N2O3S2/c20-19(21)27-17-7-3-2-6-16(17)22-18(24)14-8-10-15(11-9-14)28(25,26)23-12-4-1-5-13-23/h2-3,6-11,19H,1,4-5,12-13H2,(H,22,24). The molecule has 28 heavy (non-hydrogen) atoms. The quantitative estimate of drug-likeness (QED) is 0.694. The monoisotopic (exact) mass is 426 g/mol. The molecule has 0 spiro atoms. The highest BCUT2D eigenvalue weighted by Crippen LogP contribution is 2.32. The highest BCUT2D eigenvalue weighted by atomic mass is 32.2. The third-order valence-electron chi connectivity index (χ3n) is 4.42. The number of hydrogen-bond acceptors (Lipinski definition) is 4. The molecule has 0 saturated carbocycles. The lowest BCUT2D eigenvalue weighted by molar-refractivity contribution is 0.102. The van der Waals surface area contributed by atoms with Gasteiger partial charge in [-0.15, -0.1) is 0 Å². The average Bonchev–Trinajstić information content (AvgIpc) is 2.70. The molecule has 2 aromatic rings. The lowest BCUT2D eigenvalue weighted by atomic mass is 10.2. The highest BCUT2D eigenvalue weighted by Gasteiger charge is 2.26. The van der Waals surface area contributed by atoms with Crippen LogP contribution in [0.25, 0.3) is 0 Å². The first kappa shape index (κ1) is 20.8. The number of nitrogens with zero attached hydrogens (tertiary/aromatic N) is 1. The maximum Gasteiger partial charge on any atom is 0.288 e. The average molecular weight is 427 g/mol. The Hall–Kier alpha value is -1.97. The number of nitrogens with one attached hydrogen (secondary N) is 1. The molecule has 9 heteroatoms. The lowest BCUT2D eigenvalue weighted by Gasteiger charge is -2.25. The van der Waals surface area contributed by atoms with Crippen molar-refractivity contribution in [3.05, 3.63) is 54.1 Å². The molecule has 3 rings (SSSR count). The third kappa shape index (κ3) is 4.89. The number of halogens is 2. The highest BCUT2D eigenvalue weighted by molar-refractivity contribution is 7.99. The minimum atomic E-state index is -3.57. The fraction of sp³-hybridized carbons (Fsp3) is 0.316. The fourth-order valence-corrected chi connectivity index (χ4v) is 5.11. The van der Waals surface area contributed by atoms with E-state index in [2.05, 4.69) is 5.32 Å². The topological polar surface area (TPSA) is 66.5 Å². The first-order valence-electron chi connectivity index (χ1n) is 8.83. The van der Waals surface area contributed by atoms with Crippen molar-refractivity contribution in [3.8, 4) is 0 Å². The summed E-state index contributed by atoms with van der Waals surface area (Å²) in [6.07, 6.45) is 2.71. The molecule has 1 aliphatic rings. The molecule has 150 valence electrons. The number of sulfonamides is 1. The Morgan fingerprint density at radius 3 is 2.29 bits per heavy atom. The van der Waals surface area contributed by atoms with Crippen LogP contribution in [0.1, 0.15) is 29.6 Å². The number of rotatable bonds is 6. The minimum Gasteiger partial charge on any atom is -0.321 e. The van der Waals surface area contributed by atoms with E-state index in [-0.39, 0.29) is 21.0 Å². The number of carbonyl (C=O) groups is 1. The van der Waals surface area contributed by atoms with Crippen LogP contribution in [-0.2, 0) is 10.0 Å². The summed E-state index contributed by atoms with van der Waals surface area (Å²) in [6.45, 7) is 1.01. The summed E-state index contributed by atoms with van der Waals surface area (Å²) in [7, 11) is -3.57. The summed E-state index contributed by atoms with van der Waals surface area (Å²) in [5.74, 6) is -3.10. The van der Waals surface area contributed by atoms with Crippen molar-refractivity contribution in [2.24, 2.45) is 0 Å². The molecular formula is C19H20F2N2O3S2. The van der Waals surface area contributed by atoms with Crippen molar-refractivity contribution in [3.63, 3.8) is 0 Å². The van der Waals surface area contributed by atoms with E-state index in [0.29, 0.717) is 24.9 Å². The smallest absolute Gasteiger partial charge is 0.288 e. The predicted molar refractivity (Wildman–Crippen MR) is 105 cm³/mol. The van der Waals surface area contributed by atoms with Crippen LogP contribution < -0.4 is 5.32 Å². The fourth-order valence-electron chi connectivity index (χ4n) is 3.00. The Morgan fingerprint density at radius 1 is 1.00 bits per heavy atom. The molecule has 2 aromatic carbocycles. The van der Waals surface area contributed by atoms with Crippen LogP contribution in [0.4, 0.5) is 14.5 Å². The molecule has 0 aromatic heterocycles. The van der Waals surface area contributed by atoms with Crippen LogP contribution in [-0.4, -0.2) is 37.5 Å². The zero-order valence-corrected chi connectivity index (χ0v) is 16.6. The normalized spacial score (nSPS) is 15.5. The molecule has 5 nitrogen and oxygen atoms in total. The molecular weight excluding hydrogens is 406 g/mol. The van der Waals surface area contributed by atoms with Crippen molar-refractivity contribution >= 4 is 33.4 Å². The number of thioether (sulfide) groups is 1. The number of anilines is 1. The second kappa shape index (κ2) is 9.02. The molecule has 1 N–H and O–H groups in total. The maximum atomic E-state index is 12.7. The van der Waals surface area contributed by atoms with Gasteiger partial charge in [0.25, 0.3) is 11.7 Å². The van der Waals surface area contributed by atoms with Gasteiger partial charge in [0.1, 0.15) is 0 Å². The molecule has 1 fully saturated rings. The second-order valence-electron chi connectivity index (χ2n) is 6.32. The van der Waals surface area contributed by atoms with Crippen molar-refractivity contribution in [2.45, 2.75) is 34.8 Å². The first-order chi connectivity index (χ1) is 13.4. The van der Waals surface area contributed by atoms with Crippen molar-refractivity contribution in [1.82, 2.24) is 4.31 Å². The van der Waals surface area contributed by atoms with Crippen LogP contribution >= 0.6 is 11.8 Å². The number of carbonyl (C=O) groups excluding carboxylic acids is 1. The summed E-state index contributed by atoms with van der Waals surface area (Å²) in [4.78, 5) is 12.8. The lowest BCUT2D eigenvalue weighted by Crippen LogP contribution is -2.35. The molecule has 1 aliphatic heterocycles. The molecule has 1 saturated heterocycles. The third-order valence-corrected chi connectivity index (χ3v) is 7.12. The van der Waals surface area contributed by atoms with Gasteiger partial charge >= 0.3 is 0 Å². The molecule has 0 radical (unpaired) electrons. The van der Waals surface area contributed by atoms with E-state index in [4.69, 9.17) is 0 Å². The second-order valence-corrected chi connectivity index (χ2v) is 9.29. The van der Waals surface area contributed by atoms with Gasteiger partial charge in [-0.2, -0.15) is 13.1 Å². The SMILES string of the molecule is O=C(Nc1ccccc1SC(F)F)c1ccc(S(=O)(=O)N2CCCCC2)cc1. The minimum absolute atomic E-state index is 0.139. The van der Waals surface area contributed by atoms with Gasteiger partial charge in [-0.25, -0.2) is 8.42 Å². The van der Waals surface area contributed by atoms with Crippen LogP contribution in [0.3, 0.4) is 0 Å². The van der Waals surface area contributed by atoms with Crippen LogP contribution in [0.2, 0.25) is 0 Å². The van der Waals surface area contributed by atoms with E-state index >= 15 is 0 Å². The number of benzene rings is 2. The Bertz CT molecular complexity index is 928. The summed E-state index contributed by atoms with van der Waals surface area (Å²) in [5.41, 5.74) is 0.525. The zero-order valence-electron chi connectivity index (χ0n) is 15.0. The van der Waals surface area contributed by atoms with Gasteiger partial charge in [-0.1, -0.05) is 30.3 Å². The summed E-state index contributed by atoms with van der Waals surface area (Å²) >= 11 is 0.351. The first-order valence-corrected chi connectivity index (χ1v) is 11.2. The molecule has 1 amide bonds. The summed E-state index contributed by atoms with van der Waals surface area (Å²) < 4.78 is 52.1. The van der Waals surface area contributed by atoms with E-state index in [1.165, 1.54) is 40.7 Å². The van der Waals surface area contributed by atoms with Crippen LogP contribution in [0, 0.1) is 0 Å². The molecule has 0 unspecified atom stereocenters. The van der Waals surface area contributed by atoms with E-state index in [0.717, 1.165) is 19.3 Å². The van der Waals surface area contributed by atoms with E-state index < -0.39 is 21.7 Å². The van der Waals surface area contributed by atoms with Crippen LogP contribution in [0.5, 0.6) is 0 Å². The van der Waals surface area contributed by atoms with Crippen molar-refractivity contribution < 1.29 is 22.0 Å². The summed E-state index contributed by atoms with van der Waals surface area (Å²) in [5, 5.41) is 2.60. The number of para-hydroxylation sites is 1. The Kier molecular flexibility index (Phi) is 6.69. The zero-order chi connectivity index (χ0) is 20.1. The van der Waals surface area contributed by atoms with E-state index in [9.17, 15) is 22.0 Å². The molecule has 0 atom stereocenters. The number of piperidine rings is 1. The Balaban J connectivity index is 1.74. The summed E-state index contributed by atoms with van der Waals surface area (Å²) in [6, 6.07) is 11.9. The van der Waals surface area contributed by atoms with Gasteiger partial charge in [-0.05, 0) is 49.2 Å². The van der Waals surface area contributed by atoms with Gasteiger partial charge in [0, 0.05) is 23.5 Å². The van der Waals surface area contributed by atoms with E-state index in [1.807, 2.05) is 0 Å². The Morgan fingerprint density at radius 2 is 1.64 bits per heavy atom. The predicted octanol–water partition coefficient (Wildman–Crippen LogP) is 4.43. The largest absolute Gasteiger partial charge is 0.321 e. The van der Waals surface area contributed by atoms with Gasteiger partial charge < -0.3 is 5.32 Å². The van der Waals surface area contributed by atoms with Gasteiger partial charge in [0.2, 0.25) is 10.0 Å². The molecule has 0 aliphatic carbocycles. The van der Waals surface area contributed by atoms with Crippen LogP contribution in [0.15, 0.2) is 58.3 Å². The number of alkyl halides is 2. The van der Waals surface area contributed by atoms with Gasteiger partial charge in [-0.3, -0.25) is 4.79 Å².